The molecule has 1 amide bonds. The molecule has 3 aromatic carbocycles. The zero-order valence-corrected chi connectivity index (χ0v) is 16.3. The van der Waals surface area contributed by atoms with Gasteiger partial charge in [0, 0.05) is 24.2 Å². The number of amides is 1. The molecule has 0 fully saturated rings. The van der Waals surface area contributed by atoms with Crippen LogP contribution in [0.3, 0.4) is 0 Å². The van der Waals surface area contributed by atoms with Gasteiger partial charge < -0.3 is 10.6 Å². The van der Waals surface area contributed by atoms with E-state index in [1.54, 1.807) is 6.07 Å². The smallest absolute Gasteiger partial charge is 0.368 e. The van der Waals surface area contributed by atoms with Gasteiger partial charge in [0.1, 0.15) is 11.9 Å². The lowest BCUT2D eigenvalue weighted by molar-refractivity contribution is -0.384. The summed E-state index contributed by atoms with van der Waals surface area (Å²) in [6, 6.07) is 11.5. The van der Waals surface area contributed by atoms with Crippen LogP contribution in [0.15, 0.2) is 60.7 Å². The lowest BCUT2D eigenvalue weighted by Crippen LogP contribution is -2.40. The average Bonchev–Trinajstić information content (AvgIpc) is 3.12. The zero-order chi connectivity index (χ0) is 23.2. The molecule has 0 saturated heterocycles. The van der Waals surface area contributed by atoms with Crippen LogP contribution in [0.5, 0.6) is 0 Å². The van der Waals surface area contributed by atoms with Gasteiger partial charge in [-0.1, -0.05) is 24.3 Å². The molecule has 1 heterocycles. The van der Waals surface area contributed by atoms with Crippen molar-refractivity contribution in [3.63, 3.8) is 0 Å². The number of fused-ring (bicyclic) bond motifs is 1. The third kappa shape index (κ3) is 3.75. The van der Waals surface area contributed by atoms with Crippen molar-refractivity contribution in [1.29, 1.82) is 0 Å². The molecule has 164 valence electrons. The SMILES string of the molecule is NC(=O)C1Cc2ccc([N+](=O)[O-])cc2N1c1cccc(-c2ccc(F)cc2C(F)(F)F)c1. The third-order valence-corrected chi connectivity index (χ3v) is 5.31. The van der Waals surface area contributed by atoms with Gasteiger partial charge in [0.05, 0.1) is 16.2 Å². The first-order chi connectivity index (χ1) is 15.1. The minimum absolute atomic E-state index is 0.136. The van der Waals surface area contributed by atoms with Crippen molar-refractivity contribution in [1.82, 2.24) is 0 Å². The van der Waals surface area contributed by atoms with Gasteiger partial charge in [-0.15, -0.1) is 0 Å². The second-order valence-corrected chi connectivity index (χ2v) is 7.30. The van der Waals surface area contributed by atoms with Crippen molar-refractivity contribution in [3.8, 4) is 11.1 Å². The Bertz CT molecular complexity index is 1240. The molecule has 0 radical (unpaired) electrons. The van der Waals surface area contributed by atoms with Crippen LogP contribution in [0.25, 0.3) is 11.1 Å². The molecule has 1 aliphatic heterocycles. The number of hydrogen-bond donors (Lipinski definition) is 1. The Balaban J connectivity index is 1.86. The number of hydrogen-bond acceptors (Lipinski definition) is 4. The minimum atomic E-state index is -4.79. The first kappa shape index (κ1) is 21.3. The number of rotatable bonds is 4. The number of anilines is 2. The second-order valence-electron chi connectivity index (χ2n) is 7.30. The van der Waals surface area contributed by atoms with Crippen molar-refractivity contribution < 1.29 is 27.3 Å². The number of primary amides is 1. The number of halogens is 4. The molecule has 1 unspecified atom stereocenters. The Kier molecular flexibility index (Phi) is 5.08. The van der Waals surface area contributed by atoms with E-state index in [0.29, 0.717) is 23.0 Å². The summed E-state index contributed by atoms with van der Waals surface area (Å²) < 4.78 is 54.0. The third-order valence-electron chi connectivity index (χ3n) is 5.31. The van der Waals surface area contributed by atoms with Crippen LogP contribution < -0.4 is 10.6 Å². The van der Waals surface area contributed by atoms with E-state index in [4.69, 9.17) is 5.73 Å². The van der Waals surface area contributed by atoms with Gasteiger partial charge in [-0.2, -0.15) is 13.2 Å². The van der Waals surface area contributed by atoms with E-state index in [0.717, 1.165) is 12.1 Å². The van der Waals surface area contributed by atoms with Crippen LogP contribution in [0.2, 0.25) is 0 Å². The molecule has 0 aromatic heterocycles. The fraction of sp³-hybridized carbons (Fsp3) is 0.136. The van der Waals surface area contributed by atoms with Gasteiger partial charge in [0.15, 0.2) is 0 Å². The van der Waals surface area contributed by atoms with Gasteiger partial charge in [-0.3, -0.25) is 14.9 Å². The molecule has 0 saturated carbocycles. The molecule has 4 rings (SSSR count). The van der Waals surface area contributed by atoms with Gasteiger partial charge in [0.2, 0.25) is 5.91 Å². The van der Waals surface area contributed by atoms with Crippen molar-refractivity contribution in [3.05, 3.63) is 87.7 Å². The summed E-state index contributed by atoms with van der Waals surface area (Å²) in [7, 11) is 0. The summed E-state index contributed by atoms with van der Waals surface area (Å²) in [6.45, 7) is 0. The van der Waals surface area contributed by atoms with E-state index >= 15 is 0 Å². The number of carbonyl (C=O) groups excluding carboxylic acids is 1. The molecule has 10 heteroatoms. The maximum Gasteiger partial charge on any atom is 0.417 e. The second kappa shape index (κ2) is 7.63. The highest BCUT2D eigenvalue weighted by atomic mass is 19.4. The maximum atomic E-state index is 13.5. The van der Waals surface area contributed by atoms with E-state index in [2.05, 4.69) is 0 Å². The van der Waals surface area contributed by atoms with E-state index in [-0.39, 0.29) is 23.2 Å². The molecule has 6 nitrogen and oxygen atoms in total. The molecule has 32 heavy (non-hydrogen) atoms. The standard InChI is InChI=1S/C22H15F4N3O3/c23-14-5-7-17(18(10-14)22(24,25)26)12-2-1-3-15(8-12)28-19-11-16(29(31)32)6-4-13(19)9-20(28)21(27)30/h1-8,10-11,20H,9H2,(H2,27,30). The molecule has 1 atom stereocenters. The molecular formula is C22H15F4N3O3. The molecule has 1 aliphatic rings. The highest BCUT2D eigenvalue weighted by Crippen LogP contribution is 2.43. The van der Waals surface area contributed by atoms with Gasteiger partial charge in [0.25, 0.3) is 5.69 Å². The van der Waals surface area contributed by atoms with Crippen molar-refractivity contribution in [2.75, 3.05) is 4.90 Å². The van der Waals surface area contributed by atoms with E-state index in [9.17, 15) is 32.5 Å². The van der Waals surface area contributed by atoms with Crippen molar-refractivity contribution in [2.24, 2.45) is 5.73 Å². The summed E-state index contributed by atoms with van der Waals surface area (Å²) in [5.41, 5.74) is 5.43. The molecule has 3 aromatic rings. The molecule has 2 N–H and O–H groups in total. The summed E-state index contributed by atoms with van der Waals surface area (Å²) in [4.78, 5) is 24.2. The number of carbonyl (C=O) groups is 1. The minimum Gasteiger partial charge on any atom is -0.368 e. The monoisotopic (exact) mass is 445 g/mol. The summed E-state index contributed by atoms with van der Waals surface area (Å²) in [5, 5.41) is 11.2. The Hall–Kier alpha value is -3.95. The summed E-state index contributed by atoms with van der Waals surface area (Å²) in [6.07, 6.45) is -4.60. The van der Waals surface area contributed by atoms with E-state index < -0.39 is 34.4 Å². The molecule has 0 aliphatic carbocycles. The highest BCUT2D eigenvalue weighted by molar-refractivity contribution is 5.91. The number of non-ortho nitro benzene ring substituents is 1. The van der Waals surface area contributed by atoms with Crippen LogP contribution in [0.1, 0.15) is 11.1 Å². The van der Waals surface area contributed by atoms with E-state index in [1.165, 1.54) is 41.3 Å². The Labute approximate surface area is 179 Å². The fourth-order valence-electron chi connectivity index (χ4n) is 3.90. The Morgan fingerprint density at radius 1 is 1.09 bits per heavy atom. The summed E-state index contributed by atoms with van der Waals surface area (Å²) >= 11 is 0. The van der Waals surface area contributed by atoms with Crippen LogP contribution in [-0.2, 0) is 17.4 Å². The Morgan fingerprint density at radius 3 is 2.50 bits per heavy atom. The van der Waals surface area contributed by atoms with Crippen molar-refractivity contribution in [2.45, 2.75) is 18.6 Å². The number of nitro benzene ring substituents is 1. The fourth-order valence-corrected chi connectivity index (χ4v) is 3.90. The van der Waals surface area contributed by atoms with E-state index in [1.807, 2.05) is 0 Å². The lowest BCUT2D eigenvalue weighted by atomic mass is 9.98. The summed E-state index contributed by atoms with van der Waals surface area (Å²) in [5.74, 6) is -1.71. The number of nitrogens with two attached hydrogens (primary N) is 1. The number of nitrogens with zero attached hydrogens (tertiary/aromatic N) is 2. The predicted molar refractivity (Wildman–Crippen MR) is 109 cm³/mol. The topological polar surface area (TPSA) is 89.5 Å². The quantitative estimate of drug-likeness (QED) is 0.349. The van der Waals surface area contributed by atoms with Crippen molar-refractivity contribution >= 4 is 23.0 Å². The van der Waals surface area contributed by atoms with Crippen LogP contribution in [0, 0.1) is 15.9 Å². The first-order valence-corrected chi connectivity index (χ1v) is 9.39. The normalized spacial score (nSPS) is 15.5. The largest absolute Gasteiger partial charge is 0.417 e. The average molecular weight is 445 g/mol. The Morgan fingerprint density at radius 2 is 1.84 bits per heavy atom. The number of benzene rings is 3. The zero-order valence-electron chi connectivity index (χ0n) is 16.3. The molecule has 0 spiro atoms. The van der Waals surface area contributed by atoms with Gasteiger partial charge in [-0.25, -0.2) is 4.39 Å². The number of nitro groups is 1. The lowest BCUT2D eigenvalue weighted by Gasteiger charge is -2.26. The van der Waals surface area contributed by atoms with Gasteiger partial charge in [-0.05, 0) is 41.0 Å². The van der Waals surface area contributed by atoms with Crippen LogP contribution in [0.4, 0.5) is 34.6 Å². The van der Waals surface area contributed by atoms with Crippen LogP contribution >= 0.6 is 0 Å². The maximum absolute atomic E-state index is 13.5. The van der Waals surface area contributed by atoms with Gasteiger partial charge >= 0.3 is 6.18 Å². The number of alkyl halides is 3. The highest BCUT2D eigenvalue weighted by Gasteiger charge is 2.37. The van der Waals surface area contributed by atoms with Crippen LogP contribution in [-0.4, -0.2) is 16.9 Å². The molecule has 0 bridgehead atoms. The first-order valence-electron chi connectivity index (χ1n) is 9.39. The molecular weight excluding hydrogens is 430 g/mol. The predicted octanol–water partition coefficient (Wildman–Crippen LogP) is 4.97.